The second-order valence-corrected chi connectivity index (χ2v) is 6.17. The van der Waals surface area contributed by atoms with Crippen LogP contribution in [0.4, 0.5) is 5.69 Å². The van der Waals surface area contributed by atoms with Gasteiger partial charge in [0.25, 0.3) is 5.69 Å². The number of nitro benzene ring substituents is 1. The lowest BCUT2D eigenvalue weighted by Gasteiger charge is -2.20. The molecule has 8 heteroatoms. The molecule has 1 aromatic heterocycles. The number of nitrogens with zero attached hydrogens (tertiary/aromatic N) is 2. The van der Waals surface area contributed by atoms with E-state index in [4.69, 9.17) is 14.2 Å². The van der Waals surface area contributed by atoms with Crippen molar-refractivity contribution in [2.75, 3.05) is 6.79 Å². The molecular formula is C20H16N2O6. The molecule has 0 aliphatic carbocycles. The number of carbonyl (C=O) groups excluding carboxylic acids is 1. The first-order valence-corrected chi connectivity index (χ1v) is 8.53. The molecule has 0 saturated carbocycles. The van der Waals surface area contributed by atoms with Gasteiger partial charge >= 0.3 is 5.97 Å². The summed E-state index contributed by atoms with van der Waals surface area (Å²) in [6.07, 6.45) is 3.81. The summed E-state index contributed by atoms with van der Waals surface area (Å²) in [5.41, 5.74) is 2.20. The van der Waals surface area contributed by atoms with Gasteiger partial charge in [-0.3, -0.25) is 10.1 Å². The Balaban J connectivity index is 1.50. The summed E-state index contributed by atoms with van der Waals surface area (Å²) < 4.78 is 17.9. The van der Waals surface area contributed by atoms with Gasteiger partial charge in [0.05, 0.1) is 17.1 Å². The fourth-order valence-corrected chi connectivity index (χ4v) is 3.00. The standard InChI is InChI=1S/C20H16N2O6/c23-20(14-3-5-17(6-4-14)21-7-1-2-8-21)27-12-16-10-18(22(24)25)9-15-11-26-13-28-19(15)16/h1-10H,11-13H2. The maximum absolute atomic E-state index is 12.4. The fraction of sp³-hybridized carbons (Fsp3) is 0.150. The predicted octanol–water partition coefficient (Wildman–Crippen LogP) is 3.61. The van der Waals surface area contributed by atoms with E-state index < -0.39 is 10.9 Å². The molecule has 4 rings (SSSR count). The molecule has 3 aromatic rings. The summed E-state index contributed by atoms with van der Waals surface area (Å²) in [4.78, 5) is 23.0. The molecule has 0 N–H and O–H groups in total. The van der Waals surface area contributed by atoms with Crippen molar-refractivity contribution >= 4 is 11.7 Å². The van der Waals surface area contributed by atoms with Crippen LogP contribution in [0, 0.1) is 10.1 Å². The average molecular weight is 380 g/mol. The highest BCUT2D eigenvalue weighted by Gasteiger charge is 2.22. The Hall–Kier alpha value is -3.65. The smallest absolute Gasteiger partial charge is 0.338 e. The zero-order valence-corrected chi connectivity index (χ0v) is 14.7. The number of ether oxygens (including phenoxy) is 3. The Morgan fingerprint density at radius 3 is 2.64 bits per heavy atom. The minimum absolute atomic E-state index is 0.0482. The van der Waals surface area contributed by atoms with E-state index in [-0.39, 0.29) is 25.7 Å². The monoisotopic (exact) mass is 380 g/mol. The fourth-order valence-electron chi connectivity index (χ4n) is 3.00. The molecule has 1 aliphatic heterocycles. The maximum Gasteiger partial charge on any atom is 0.338 e. The highest BCUT2D eigenvalue weighted by Crippen LogP contribution is 2.33. The Bertz CT molecular complexity index is 1010. The number of rotatable bonds is 5. The van der Waals surface area contributed by atoms with Gasteiger partial charge in [0, 0.05) is 41.3 Å². The quantitative estimate of drug-likeness (QED) is 0.381. The summed E-state index contributed by atoms with van der Waals surface area (Å²) in [7, 11) is 0. The molecule has 0 amide bonds. The molecule has 0 fully saturated rings. The molecule has 0 unspecified atom stereocenters. The van der Waals surface area contributed by atoms with Crippen LogP contribution in [0.1, 0.15) is 21.5 Å². The third-order valence-corrected chi connectivity index (χ3v) is 4.35. The van der Waals surface area contributed by atoms with Crippen LogP contribution in [0.15, 0.2) is 60.9 Å². The van der Waals surface area contributed by atoms with E-state index in [1.54, 1.807) is 12.1 Å². The van der Waals surface area contributed by atoms with E-state index in [9.17, 15) is 14.9 Å². The average Bonchev–Trinajstić information content (AvgIpc) is 3.26. The molecule has 142 valence electrons. The summed E-state index contributed by atoms with van der Waals surface area (Å²) in [5.74, 6) is -0.0565. The number of nitro groups is 1. The van der Waals surface area contributed by atoms with Gasteiger partial charge in [-0.2, -0.15) is 0 Å². The van der Waals surface area contributed by atoms with Crippen LogP contribution in [0.2, 0.25) is 0 Å². The lowest BCUT2D eigenvalue weighted by molar-refractivity contribution is -0.385. The molecule has 2 aromatic carbocycles. The summed E-state index contributed by atoms with van der Waals surface area (Å²) in [6.45, 7) is 0.119. The van der Waals surface area contributed by atoms with E-state index in [0.29, 0.717) is 22.4 Å². The first-order chi connectivity index (χ1) is 13.6. The minimum Gasteiger partial charge on any atom is -0.467 e. The van der Waals surface area contributed by atoms with Crippen molar-refractivity contribution < 1.29 is 23.9 Å². The molecule has 0 radical (unpaired) electrons. The molecule has 0 bridgehead atoms. The first-order valence-electron chi connectivity index (χ1n) is 8.53. The van der Waals surface area contributed by atoms with Gasteiger partial charge < -0.3 is 18.8 Å². The van der Waals surface area contributed by atoms with Gasteiger partial charge in [-0.05, 0) is 36.4 Å². The van der Waals surface area contributed by atoms with Crippen LogP contribution in [-0.4, -0.2) is 22.3 Å². The Labute approximate surface area is 160 Å². The van der Waals surface area contributed by atoms with Crippen LogP contribution in [0.25, 0.3) is 5.69 Å². The molecule has 0 spiro atoms. The molecule has 8 nitrogen and oxygen atoms in total. The predicted molar refractivity (Wildman–Crippen MR) is 98.3 cm³/mol. The lowest BCUT2D eigenvalue weighted by atomic mass is 10.1. The van der Waals surface area contributed by atoms with E-state index in [2.05, 4.69) is 0 Å². The highest BCUT2D eigenvalue weighted by atomic mass is 16.7. The SMILES string of the molecule is O=C(OCc1cc([N+](=O)[O-])cc2c1OCOC2)c1ccc(-n2cccc2)cc1. The molecule has 2 heterocycles. The van der Waals surface area contributed by atoms with Gasteiger partial charge in [-0.25, -0.2) is 4.79 Å². The zero-order valence-electron chi connectivity index (χ0n) is 14.7. The molecule has 1 aliphatic rings. The van der Waals surface area contributed by atoms with Crippen molar-refractivity contribution in [3.8, 4) is 11.4 Å². The van der Waals surface area contributed by atoms with Crippen molar-refractivity contribution in [3.05, 3.63) is 87.7 Å². The third-order valence-electron chi connectivity index (χ3n) is 4.35. The van der Waals surface area contributed by atoms with Crippen LogP contribution < -0.4 is 4.74 Å². The molecular weight excluding hydrogens is 364 g/mol. The number of carbonyl (C=O) groups is 1. The highest BCUT2D eigenvalue weighted by molar-refractivity contribution is 5.89. The topological polar surface area (TPSA) is 92.8 Å². The number of benzene rings is 2. The first kappa shape index (κ1) is 17.7. The number of non-ortho nitro benzene ring substituents is 1. The van der Waals surface area contributed by atoms with Crippen molar-refractivity contribution in [1.29, 1.82) is 0 Å². The van der Waals surface area contributed by atoms with E-state index in [1.165, 1.54) is 12.1 Å². The van der Waals surface area contributed by atoms with Crippen molar-refractivity contribution in [2.45, 2.75) is 13.2 Å². The van der Waals surface area contributed by atoms with Crippen LogP contribution >= 0.6 is 0 Å². The van der Waals surface area contributed by atoms with Crippen LogP contribution in [0.5, 0.6) is 5.75 Å². The second-order valence-electron chi connectivity index (χ2n) is 6.17. The van der Waals surface area contributed by atoms with Crippen molar-refractivity contribution in [3.63, 3.8) is 0 Å². The van der Waals surface area contributed by atoms with Gasteiger partial charge in [0.15, 0.2) is 6.79 Å². The van der Waals surface area contributed by atoms with Crippen molar-refractivity contribution in [2.24, 2.45) is 0 Å². The Morgan fingerprint density at radius 1 is 1.18 bits per heavy atom. The number of esters is 1. The van der Waals surface area contributed by atoms with Gasteiger partial charge in [-0.15, -0.1) is 0 Å². The summed E-state index contributed by atoms with van der Waals surface area (Å²) >= 11 is 0. The third kappa shape index (κ3) is 3.58. The van der Waals surface area contributed by atoms with Crippen LogP contribution in [-0.2, 0) is 22.7 Å². The molecule has 0 saturated heterocycles. The lowest BCUT2D eigenvalue weighted by Crippen LogP contribution is -2.15. The molecule has 28 heavy (non-hydrogen) atoms. The summed E-state index contributed by atoms with van der Waals surface area (Å²) in [5, 5.41) is 11.1. The van der Waals surface area contributed by atoms with Crippen LogP contribution in [0.3, 0.4) is 0 Å². The zero-order chi connectivity index (χ0) is 19.5. The van der Waals surface area contributed by atoms with Gasteiger partial charge in [0.2, 0.25) is 0 Å². The van der Waals surface area contributed by atoms with Gasteiger partial charge in [-0.1, -0.05) is 0 Å². The largest absolute Gasteiger partial charge is 0.467 e. The second kappa shape index (κ2) is 7.53. The number of fused-ring (bicyclic) bond motifs is 1. The molecule has 0 atom stereocenters. The van der Waals surface area contributed by atoms with E-state index >= 15 is 0 Å². The number of hydrogen-bond acceptors (Lipinski definition) is 6. The summed E-state index contributed by atoms with van der Waals surface area (Å²) in [6, 6.07) is 13.5. The Morgan fingerprint density at radius 2 is 1.93 bits per heavy atom. The minimum atomic E-state index is -0.522. The van der Waals surface area contributed by atoms with Crippen molar-refractivity contribution in [1.82, 2.24) is 4.57 Å². The number of aromatic nitrogens is 1. The number of hydrogen-bond donors (Lipinski definition) is 0. The van der Waals surface area contributed by atoms with E-state index in [0.717, 1.165) is 5.69 Å². The maximum atomic E-state index is 12.4. The Kier molecular flexibility index (Phi) is 4.77. The normalized spacial score (nSPS) is 12.7. The van der Waals surface area contributed by atoms with Gasteiger partial charge in [0.1, 0.15) is 12.4 Å². The van der Waals surface area contributed by atoms with E-state index in [1.807, 2.05) is 41.2 Å².